The van der Waals surface area contributed by atoms with E-state index < -0.39 is 5.97 Å². The van der Waals surface area contributed by atoms with Crippen molar-refractivity contribution in [1.82, 2.24) is 4.98 Å². The topological polar surface area (TPSA) is 88.8 Å². The van der Waals surface area contributed by atoms with Crippen LogP contribution in [0.1, 0.15) is 21.5 Å². The van der Waals surface area contributed by atoms with E-state index in [0.717, 1.165) is 32.6 Å². The van der Waals surface area contributed by atoms with Crippen LogP contribution in [0.3, 0.4) is 0 Å². The first kappa shape index (κ1) is 19.5. The fraction of sp³-hybridized carbons (Fsp3) is 0.0417. The number of carbonyl (C=O) groups excluding carboxylic acids is 1. The zero-order valence-electron chi connectivity index (χ0n) is 15.8. The van der Waals surface area contributed by atoms with E-state index in [1.807, 2.05) is 42.5 Å². The highest BCUT2D eigenvalue weighted by Crippen LogP contribution is 2.34. The Labute approximate surface area is 178 Å². The summed E-state index contributed by atoms with van der Waals surface area (Å²) in [6.45, 7) is 0. The van der Waals surface area contributed by atoms with E-state index >= 15 is 0 Å². The van der Waals surface area contributed by atoms with Gasteiger partial charge in [0.2, 0.25) is 0 Å². The standard InChI is InChI=1S/C24H17N3O2S/c25-13-18-9-10-21(20-4-2-1-3-19(18)20)27-22-14-26-12-11-23(22)30-15-16-5-7-17(8-6-16)24(28)29/h1-12,14,27H,15H2,(H,28,29)/p-1. The summed E-state index contributed by atoms with van der Waals surface area (Å²) >= 11 is 1.63. The highest BCUT2D eigenvalue weighted by Gasteiger charge is 2.09. The SMILES string of the molecule is N#Cc1ccc(Nc2cnccc2SCc2ccc(C(=O)[O-])cc2)c2ccccc12. The molecule has 1 heterocycles. The Kier molecular flexibility index (Phi) is 5.64. The maximum Gasteiger partial charge on any atom is 0.0998 e. The molecule has 1 N–H and O–H groups in total. The number of rotatable bonds is 6. The molecule has 6 heteroatoms. The Hall–Kier alpha value is -3.82. The zero-order chi connectivity index (χ0) is 20.9. The van der Waals surface area contributed by atoms with Crippen molar-refractivity contribution in [3.63, 3.8) is 0 Å². The van der Waals surface area contributed by atoms with Gasteiger partial charge in [0, 0.05) is 33.3 Å². The maximum absolute atomic E-state index is 10.9. The number of aromatic carboxylic acids is 1. The van der Waals surface area contributed by atoms with Crippen LogP contribution in [0.2, 0.25) is 0 Å². The third kappa shape index (κ3) is 4.12. The molecule has 30 heavy (non-hydrogen) atoms. The lowest BCUT2D eigenvalue weighted by Crippen LogP contribution is -2.21. The van der Waals surface area contributed by atoms with Crippen molar-refractivity contribution in [2.75, 3.05) is 5.32 Å². The minimum atomic E-state index is -1.18. The largest absolute Gasteiger partial charge is 0.545 e. The van der Waals surface area contributed by atoms with E-state index in [2.05, 4.69) is 16.4 Å². The molecule has 5 nitrogen and oxygen atoms in total. The molecule has 0 saturated heterocycles. The van der Waals surface area contributed by atoms with E-state index in [0.29, 0.717) is 11.3 Å². The molecule has 146 valence electrons. The number of nitrogens with one attached hydrogen (secondary N) is 1. The molecule has 0 saturated carbocycles. The number of benzene rings is 3. The van der Waals surface area contributed by atoms with E-state index in [1.54, 1.807) is 48.4 Å². The van der Waals surface area contributed by atoms with Gasteiger partial charge in [0.1, 0.15) is 0 Å². The molecule has 0 unspecified atom stereocenters. The van der Waals surface area contributed by atoms with Gasteiger partial charge in [-0.2, -0.15) is 5.26 Å². The minimum Gasteiger partial charge on any atom is -0.545 e. The van der Waals surface area contributed by atoms with Crippen LogP contribution in [-0.4, -0.2) is 11.0 Å². The molecule has 0 radical (unpaired) electrons. The van der Waals surface area contributed by atoms with Crippen molar-refractivity contribution >= 4 is 39.9 Å². The summed E-state index contributed by atoms with van der Waals surface area (Å²) in [5.74, 6) is -0.496. The van der Waals surface area contributed by atoms with Gasteiger partial charge in [-0.3, -0.25) is 4.98 Å². The zero-order valence-corrected chi connectivity index (χ0v) is 16.6. The monoisotopic (exact) mass is 410 g/mol. The number of hydrogen-bond acceptors (Lipinski definition) is 6. The Balaban J connectivity index is 1.58. The Morgan fingerprint density at radius 3 is 2.50 bits per heavy atom. The van der Waals surface area contributed by atoms with E-state index in [4.69, 9.17) is 0 Å². The number of carboxylic acids is 1. The number of aromatic nitrogens is 1. The molecule has 0 aliphatic heterocycles. The Morgan fingerprint density at radius 2 is 1.77 bits per heavy atom. The number of nitrogens with zero attached hydrogens (tertiary/aromatic N) is 2. The summed E-state index contributed by atoms with van der Waals surface area (Å²) in [5.41, 5.74) is 3.58. The van der Waals surface area contributed by atoms with Gasteiger partial charge in [0.25, 0.3) is 0 Å². The predicted octanol–water partition coefficient (Wildman–Crippen LogP) is 4.51. The van der Waals surface area contributed by atoms with Gasteiger partial charge in [-0.1, -0.05) is 48.5 Å². The summed E-state index contributed by atoms with van der Waals surface area (Å²) in [5, 5.41) is 25.6. The van der Waals surface area contributed by atoms with Crippen LogP contribution in [0.4, 0.5) is 11.4 Å². The molecular weight excluding hydrogens is 394 g/mol. The highest BCUT2D eigenvalue weighted by atomic mass is 32.2. The van der Waals surface area contributed by atoms with Crippen LogP contribution in [0.25, 0.3) is 10.8 Å². The molecule has 0 spiro atoms. The predicted molar refractivity (Wildman–Crippen MR) is 117 cm³/mol. The number of nitriles is 1. The third-order valence-corrected chi connectivity index (χ3v) is 5.82. The Morgan fingerprint density at radius 1 is 1.00 bits per heavy atom. The van der Waals surface area contributed by atoms with Crippen molar-refractivity contribution in [2.45, 2.75) is 10.6 Å². The summed E-state index contributed by atoms with van der Waals surface area (Å²) in [7, 11) is 0. The van der Waals surface area contributed by atoms with Crippen LogP contribution in [0.5, 0.6) is 0 Å². The number of thioether (sulfide) groups is 1. The molecule has 4 rings (SSSR count). The number of carbonyl (C=O) groups is 1. The average Bonchev–Trinajstić information content (AvgIpc) is 2.79. The first-order valence-electron chi connectivity index (χ1n) is 9.21. The van der Waals surface area contributed by atoms with E-state index in [1.165, 1.54) is 0 Å². The first-order chi connectivity index (χ1) is 14.7. The maximum atomic E-state index is 10.9. The van der Waals surface area contributed by atoms with Crippen molar-refractivity contribution in [1.29, 1.82) is 5.26 Å². The number of carboxylic acid groups (broad SMARTS) is 1. The highest BCUT2D eigenvalue weighted by molar-refractivity contribution is 7.98. The van der Waals surface area contributed by atoms with Crippen molar-refractivity contribution < 1.29 is 9.90 Å². The molecule has 0 aliphatic carbocycles. The average molecular weight is 410 g/mol. The summed E-state index contributed by atoms with van der Waals surface area (Å²) < 4.78 is 0. The summed E-state index contributed by atoms with van der Waals surface area (Å²) in [6.07, 6.45) is 3.51. The normalized spacial score (nSPS) is 10.5. The number of anilines is 2. The molecule has 4 aromatic rings. The lowest BCUT2D eigenvalue weighted by atomic mass is 10.0. The van der Waals surface area contributed by atoms with Gasteiger partial charge >= 0.3 is 0 Å². The lowest BCUT2D eigenvalue weighted by molar-refractivity contribution is -0.255. The fourth-order valence-corrected chi connectivity index (χ4v) is 4.08. The molecule has 0 atom stereocenters. The van der Waals surface area contributed by atoms with Gasteiger partial charge in [-0.05, 0) is 29.3 Å². The number of pyridine rings is 1. The van der Waals surface area contributed by atoms with Gasteiger partial charge in [0.05, 0.1) is 29.5 Å². The van der Waals surface area contributed by atoms with Crippen molar-refractivity contribution in [3.8, 4) is 6.07 Å². The van der Waals surface area contributed by atoms with Crippen LogP contribution in [-0.2, 0) is 5.75 Å². The minimum absolute atomic E-state index is 0.169. The molecule has 0 bridgehead atoms. The summed E-state index contributed by atoms with van der Waals surface area (Å²) in [6, 6.07) is 22.4. The molecule has 3 aromatic carbocycles. The lowest BCUT2D eigenvalue weighted by Gasteiger charge is -2.14. The van der Waals surface area contributed by atoms with Crippen LogP contribution >= 0.6 is 11.8 Å². The summed E-state index contributed by atoms with van der Waals surface area (Å²) in [4.78, 5) is 16.2. The van der Waals surface area contributed by atoms with Crippen molar-refractivity contribution in [3.05, 3.63) is 95.8 Å². The van der Waals surface area contributed by atoms with Gasteiger partial charge in [-0.15, -0.1) is 11.8 Å². The molecule has 0 aliphatic rings. The second-order valence-electron chi connectivity index (χ2n) is 6.59. The van der Waals surface area contributed by atoms with E-state index in [9.17, 15) is 15.2 Å². The Bertz CT molecular complexity index is 1260. The molecule has 1 aromatic heterocycles. The fourth-order valence-electron chi connectivity index (χ4n) is 3.15. The number of hydrogen-bond donors (Lipinski definition) is 1. The van der Waals surface area contributed by atoms with Gasteiger partial charge in [-0.25, -0.2) is 0 Å². The van der Waals surface area contributed by atoms with Crippen LogP contribution in [0, 0.1) is 11.3 Å². The molecular formula is C24H16N3O2S-. The number of fused-ring (bicyclic) bond motifs is 1. The van der Waals surface area contributed by atoms with Crippen LogP contribution in [0.15, 0.2) is 84.0 Å². The van der Waals surface area contributed by atoms with Gasteiger partial charge < -0.3 is 15.2 Å². The van der Waals surface area contributed by atoms with E-state index in [-0.39, 0.29) is 5.56 Å². The smallest absolute Gasteiger partial charge is 0.0998 e. The molecule has 0 amide bonds. The second kappa shape index (κ2) is 8.68. The van der Waals surface area contributed by atoms with Gasteiger partial charge in [0.15, 0.2) is 0 Å². The second-order valence-corrected chi connectivity index (χ2v) is 7.61. The third-order valence-electron chi connectivity index (χ3n) is 4.68. The molecule has 0 fully saturated rings. The van der Waals surface area contributed by atoms with Crippen LogP contribution < -0.4 is 10.4 Å². The first-order valence-corrected chi connectivity index (χ1v) is 10.2. The van der Waals surface area contributed by atoms with Crippen molar-refractivity contribution in [2.24, 2.45) is 0 Å². The quantitative estimate of drug-likeness (QED) is 0.471.